The van der Waals surface area contributed by atoms with Crippen molar-refractivity contribution in [3.05, 3.63) is 53.8 Å². The van der Waals surface area contributed by atoms with Gasteiger partial charge in [-0.15, -0.1) is 0 Å². The van der Waals surface area contributed by atoms with Crippen molar-refractivity contribution in [3.63, 3.8) is 0 Å². The molecule has 3 aromatic rings. The highest BCUT2D eigenvalue weighted by atomic mass is 32.2. The van der Waals surface area contributed by atoms with Gasteiger partial charge in [0.1, 0.15) is 17.1 Å². The van der Waals surface area contributed by atoms with Crippen molar-refractivity contribution in [3.8, 4) is 5.75 Å². The molecular formula is C20H21NO3S. The fourth-order valence-corrected chi connectivity index (χ4v) is 4.30. The van der Waals surface area contributed by atoms with Crippen molar-refractivity contribution in [2.45, 2.75) is 42.7 Å². The van der Waals surface area contributed by atoms with E-state index >= 15 is 0 Å². The van der Waals surface area contributed by atoms with Crippen LogP contribution >= 0.6 is 0 Å². The quantitative estimate of drug-likeness (QED) is 0.718. The number of nitrogens with one attached hydrogen (secondary N) is 1. The minimum atomic E-state index is -1.27. The summed E-state index contributed by atoms with van der Waals surface area (Å²) in [6.45, 7) is 5.69. The van der Waals surface area contributed by atoms with Crippen LogP contribution in [-0.2, 0) is 24.1 Å². The molecule has 2 heterocycles. The zero-order chi connectivity index (χ0) is 17.4. The molecule has 0 radical (unpaired) electrons. The Morgan fingerprint density at radius 3 is 2.84 bits per heavy atom. The Balaban J connectivity index is 1.67. The Morgan fingerprint density at radius 2 is 2.00 bits per heavy atom. The molecular weight excluding hydrogens is 334 g/mol. The van der Waals surface area contributed by atoms with E-state index < -0.39 is 11.2 Å². The molecule has 0 amide bonds. The first-order valence-electron chi connectivity index (χ1n) is 8.55. The zero-order valence-electron chi connectivity index (χ0n) is 14.4. The summed E-state index contributed by atoms with van der Waals surface area (Å²) in [5, 5.41) is 4.45. The van der Waals surface area contributed by atoms with Crippen molar-refractivity contribution < 1.29 is 13.7 Å². The Morgan fingerprint density at radius 1 is 1.16 bits per heavy atom. The van der Waals surface area contributed by atoms with Gasteiger partial charge in [0, 0.05) is 34.3 Å². The van der Waals surface area contributed by atoms with E-state index in [9.17, 15) is 4.55 Å². The van der Waals surface area contributed by atoms with Gasteiger partial charge in [0.05, 0.1) is 12.6 Å². The monoisotopic (exact) mass is 355 g/mol. The van der Waals surface area contributed by atoms with Gasteiger partial charge in [0.2, 0.25) is 0 Å². The lowest BCUT2D eigenvalue weighted by Crippen LogP contribution is -2.22. The largest absolute Gasteiger partial charge is 0.606 e. The summed E-state index contributed by atoms with van der Waals surface area (Å²) in [5.74, 6) is 1.73. The van der Waals surface area contributed by atoms with Crippen LogP contribution in [0.25, 0.3) is 11.0 Å². The third-order valence-corrected chi connectivity index (χ3v) is 5.65. The molecule has 1 N–H and O–H groups in total. The second-order valence-electron chi connectivity index (χ2n) is 6.50. The van der Waals surface area contributed by atoms with Crippen LogP contribution in [0.15, 0.2) is 56.7 Å². The minimum Gasteiger partial charge on any atom is -0.606 e. The SMILES string of the molecule is CC(C)Oc1cccc([S+]([O-])c2ccc3c4c(oc3c2)CNCC4)c1. The van der Waals surface area contributed by atoms with Gasteiger partial charge in [0.15, 0.2) is 9.79 Å². The van der Waals surface area contributed by atoms with Crippen LogP contribution in [-0.4, -0.2) is 17.2 Å². The van der Waals surface area contributed by atoms with E-state index in [1.165, 1.54) is 5.56 Å². The minimum absolute atomic E-state index is 0.0862. The number of fused-ring (bicyclic) bond motifs is 3. The Hall–Kier alpha value is -1.95. The van der Waals surface area contributed by atoms with Crippen LogP contribution in [0.5, 0.6) is 5.75 Å². The molecule has 130 valence electrons. The van der Waals surface area contributed by atoms with Gasteiger partial charge < -0.3 is 19.0 Å². The third kappa shape index (κ3) is 3.27. The topological polar surface area (TPSA) is 57.5 Å². The van der Waals surface area contributed by atoms with E-state index in [-0.39, 0.29) is 6.10 Å². The van der Waals surface area contributed by atoms with E-state index in [1.807, 2.05) is 56.3 Å². The number of ether oxygens (including phenoxy) is 1. The van der Waals surface area contributed by atoms with E-state index in [1.54, 1.807) is 0 Å². The Bertz CT molecular complexity index is 903. The molecule has 0 aliphatic carbocycles. The van der Waals surface area contributed by atoms with Crippen molar-refractivity contribution in [2.75, 3.05) is 6.54 Å². The maximum atomic E-state index is 13.0. The third-order valence-electron chi connectivity index (χ3n) is 4.29. The van der Waals surface area contributed by atoms with E-state index in [0.717, 1.165) is 51.8 Å². The van der Waals surface area contributed by atoms with E-state index in [2.05, 4.69) is 5.32 Å². The highest BCUT2D eigenvalue weighted by Gasteiger charge is 2.21. The summed E-state index contributed by atoms with van der Waals surface area (Å²) in [7, 11) is 0. The molecule has 1 aliphatic rings. The van der Waals surface area contributed by atoms with Gasteiger partial charge in [-0.2, -0.15) is 0 Å². The first-order chi connectivity index (χ1) is 12.1. The lowest BCUT2D eigenvalue weighted by molar-refractivity contribution is 0.242. The van der Waals surface area contributed by atoms with Crippen LogP contribution in [0, 0.1) is 0 Å². The molecule has 1 aromatic heterocycles. The van der Waals surface area contributed by atoms with Gasteiger partial charge >= 0.3 is 0 Å². The number of furan rings is 1. The Labute approximate surface area is 150 Å². The lowest BCUT2D eigenvalue weighted by Gasteiger charge is -2.13. The van der Waals surface area contributed by atoms with Crippen molar-refractivity contribution in [1.82, 2.24) is 5.32 Å². The summed E-state index contributed by atoms with van der Waals surface area (Å²) in [4.78, 5) is 1.48. The average Bonchev–Trinajstić information content (AvgIpc) is 2.98. The predicted octanol–water partition coefficient (Wildman–Crippen LogP) is 4.03. The van der Waals surface area contributed by atoms with Crippen molar-refractivity contribution >= 4 is 22.1 Å². The van der Waals surface area contributed by atoms with Gasteiger partial charge in [-0.3, -0.25) is 0 Å². The molecule has 4 nitrogen and oxygen atoms in total. The Kier molecular flexibility index (Phi) is 4.46. The van der Waals surface area contributed by atoms with Crippen LogP contribution in [0.1, 0.15) is 25.2 Å². The van der Waals surface area contributed by atoms with E-state index in [0.29, 0.717) is 0 Å². The van der Waals surface area contributed by atoms with Gasteiger partial charge in [-0.25, -0.2) is 0 Å². The van der Waals surface area contributed by atoms with Gasteiger partial charge in [0.25, 0.3) is 0 Å². The van der Waals surface area contributed by atoms with Crippen molar-refractivity contribution in [1.29, 1.82) is 0 Å². The highest BCUT2D eigenvalue weighted by Crippen LogP contribution is 2.32. The lowest BCUT2D eigenvalue weighted by atomic mass is 10.1. The van der Waals surface area contributed by atoms with E-state index in [4.69, 9.17) is 9.15 Å². The van der Waals surface area contributed by atoms with Crippen molar-refractivity contribution in [2.24, 2.45) is 0 Å². The number of hydrogen-bond donors (Lipinski definition) is 1. The maximum Gasteiger partial charge on any atom is 0.162 e. The number of rotatable bonds is 4. The second-order valence-corrected chi connectivity index (χ2v) is 7.98. The van der Waals surface area contributed by atoms with Gasteiger partial charge in [-0.05, 0) is 51.1 Å². The smallest absolute Gasteiger partial charge is 0.162 e. The van der Waals surface area contributed by atoms with Crippen LogP contribution in [0.4, 0.5) is 0 Å². The molecule has 0 spiro atoms. The average molecular weight is 355 g/mol. The number of hydrogen-bond acceptors (Lipinski definition) is 4. The van der Waals surface area contributed by atoms with Crippen LogP contribution in [0.2, 0.25) is 0 Å². The van der Waals surface area contributed by atoms with Crippen LogP contribution in [0.3, 0.4) is 0 Å². The molecule has 0 bridgehead atoms. The summed E-state index contributed by atoms with van der Waals surface area (Å²) >= 11 is -1.27. The van der Waals surface area contributed by atoms with Crippen LogP contribution < -0.4 is 10.1 Å². The molecule has 1 aliphatic heterocycles. The normalized spacial score (nSPS) is 15.4. The highest BCUT2D eigenvalue weighted by molar-refractivity contribution is 7.91. The molecule has 25 heavy (non-hydrogen) atoms. The molecule has 4 rings (SSSR count). The fourth-order valence-electron chi connectivity index (χ4n) is 3.20. The first-order valence-corrected chi connectivity index (χ1v) is 9.70. The predicted molar refractivity (Wildman–Crippen MR) is 98.5 cm³/mol. The second kappa shape index (κ2) is 6.75. The summed E-state index contributed by atoms with van der Waals surface area (Å²) in [6.07, 6.45) is 1.06. The molecule has 2 aromatic carbocycles. The maximum absolute atomic E-state index is 13.0. The molecule has 1 unspecified atom stereocenters. The summed E-state index contributed by atoms with van der Waals surface area (Å²) in [5.41, 5.74) is 2.09. The first kappa shape index (κ1) is 16.5. The molecule has 1 atom stereocenters. The molecule has 5 heteroatoms. The zero-order valence-corrected chi connectivity index (χ0v) is 15.2. The van der Waals surface area contributed by atoms with Gasteiger partial charge in [-0.1, -0.05) is 6.07 Å². The summed E-state index contributed by atoms with van der Waals surface area (Å²) in [6, 6.07) is 13.3. The fraction of sp³-hybridized carbons (Fsp3) is 0.300. The molecule has 0 fully saturated rings. The molecule has 0 saturated heterocycles. The number of benzene rings is 2. The molecule has 0 saturated carbocycles. The summed E-state index contributed by atoms with van der Waals surface area (Å²) < 4.78 is 24.7. The standard InChI is InChI=1S/C20H21NO3S/c1-13(2)23-14-4-3-5-15(10-14)25(22)16-6-7-17-18-8-9-21-12-20(18)24-19(17)11-16/h3-7,10-11,13,21H,8-9,12H2,1-2H3.